The first-order chi connectivity index (χ1) is 15.1. The van der Waals surface area contributed by atoms with Gasteiger partial charge in [-0.1, -0.05) is 60.3 Å². The molecule has 6 nitrogen and oxygen atoms in total. The zero-order valence-electron chi connectivity index (χ0n) is 17.5. The summed E-state index contributed by atoms with van der Waals surface area (Å²) in [5.41, 5.74) is 1.90. The quantitative estimate of drug-likeness (QED) is 0.394. The molecule has 1 aromatic heterocycles. The number of carbonyl (C=O) groups excluding carboxylic acids is 1. The molecule has 1 amide bonds. The molecule has 7 heteroatoms. The van der Waals surface area contributed by atoms with Crippen LogP contribution in [-0.4, -0.2) is 26.4 Å². The molecule has 4 aromatic rings. The van der Waals surface area contributed by atoms with Crippen molar-refractivity contribution in [2.45, 2.75) is 32.2 Å². The molecular weight excluding hydrogens is 408 g/mol. The minimum absolute atomic E-state index is 0.0743. The Kier molecular flexibility index (Phi) is 6.52. The number of aromatic nitrogens is 3. The molecule has 0 atom stereocenters. The monoisotopic (exact) mass is 432 g/mol. The van der Waals surface area contributed by atoms with Crippen LogP contribution in [0.25, 0.3) is 10.8 Å². The summed E-state index contributed by atoms with van der Waals surface area (Å²) in [6.07, 6.45) is 0. The second-order valence-corrected chi connectivity index (χ2v) is 8.06. The lowest BCUT2D eigenvalue weighted by Crippen LogP contribution is -2.15. The number of hydrogen-bond acceptors (Lipinski definition) is 5. The van der Waals surface area contributed by atoms with Gasteiger partial charge in [0, 0.05) is 17.6 Å². The summed E-state index contributed by atoms with van der Waals surface area (Å²) >= 11 is 1.37. The number of ether oxygens (including phenoxy) is 1. The maximum Gasteiger partial charge on any atom is 0.234 e. The predicted octanol–water partition coefficient (Wildman–Crippen LogP) is 5.07. The summed E-state index contributed by atoms with van der Waals surface area (Å²) in [5, 5.41) is 14.4. The van der Waals surface area contributed by atoms with E-state index in [0.717, 1.165) is 33.6 Å². The Morgan fingerprint density at radius 1 is 1.06 bits per heavy atom. The maximum absolute atomic E-state index is 12.3. The Labute approximate surface area is 185 Å². The molecule has 0 spiro atoms. The van der Waals surface area contributed by atoms with Crippen LogP contribution in [0.1, 0.15) is 18.3 Å². The third-order valence-electron chi connectivity index (χ3n) is 4.85. The van der Waals surface area contributed by atoms with Gasteiger partial charge in [-0.15, -0.1) is 10.2 Å². The molecule has 1 heterocycles. The van der Waals surface area contributed by atoms with Crippen molar-refractivity contribution in [1.82, 2.24) is 14.8 Å². The van der Waals surface area contributed by atoms with Crippen molar-refractivity contribution in [3.05, 3.63) is 78.1 Å². The van der Waals surface area contributed by atoms with Gasteiger partial charge in [0.15, 0.2) is 11.0 Å². The van der Waals surface area contributed by atoms with Gasteiger partial charge in [-0.3, -0.25) is 4.79 Å². The number of nitrogens with one attached hydrogen (secondary N) is 1. The zero-order valence-corrected chi connectivity index (χ0v) is 18.4. The number of nitrogens with zero attached hydrogens (tertiary/aromatic N) is 3. The highest BCUT2D eigenvalue weighted by Crippen LogP contribution is 2.26. The molecule has 0 fully saturated rings. The third kappa shape index (κ3) is 5.06. The summed E-state index contributed by atoms with van der Waals surface area (Å²) in [5.74, 6) is 1.73. The molecule has 0 unspecified atom stereocenters. The van der Waals surface area contributed by atoms with Crippen molar-refractivity contribution in [3.63, 3.8) is 0 Å². The molecule has 0 bridgehead atoms. The summed E-state index contributed by atoms with van der Waals surface area (Å²) < 4.78 is 8.05. The fraction of sp³-hybridized carbons (Fsp3) is 0.208. The van der Waals surface area contributed by atoms with E-state index in [4.69, 9.17) is 4.74 Å². The van der Waals surface area contributed by atoms with Crippen molar-refractivity contribution >= 4 is 34.1 Å². The summed E-state index contributed by atoms with van der Waals surface area (Å²) in [4.78, 5) is 12.3. The number of anilines is 1. The normalized spacial score (nSPS) is 10.9. The van der Waals surface area contributed by atoms with Crippen LogP contribution in [0.3, 0.4) is 0 Å². The van der Waals surface area contributed by atoms with E-state index in [1.165, 1.54) is 11.8 Å². The molecule has 0 aliphatic rings. The van der Waals surface area contributed by atoms with Gasteiger partial charge in [0.2, 0.25) is 5.91 Å². The Bertz CT molecular complexity index is 1200. The SMILES string of the molecule is CCn1c(COc2cccc3ccccc23)nnc1SCC(=O)Nc1cccc(C)c1. The number of rotatable bonds is 8. The largest absolute Gasteiger partial charge is 0.485 e. The molecule has 3 aromatic carbocycles. The lowest BCUT2D eigenvalue weighted by atomic mass is 10.1. The van der Waals surface area contributed by atoms with Gasteiger partial charge in [0.25, 0.3) is 0 Å². The number of benzene rings is 3. The van der Waals surface area contributed by atoms with Crippen LogP contribution >= 0.6 is 11.8 Å². The van der Waals surface area contributed by atoms with Crippen LogP contribution in [0.15, 0.2) is 71.9 Å². The molecular formula is C24H24N4O2S. The van der Waals surface area contributed by atoms with Crippen LogP contribution in [0.2, 0.25) is 0 Å². The number of amides is 1. The Balaban J connectivity index is 1.39. The highest BCUT2D eigenvalue weighted by Gasteiger charge is 2.14. The molecule has 0 saturated heterocycles. The highest BCUT2D eigenvalue weighted by molar-refractivity contribution is 7.99. The molecule has 31 heavy (non-hydrogen) atoms. The summed E-state index contributed by atoms with van der Waals surface area (Å²) in [6, 6.07) is 21.9. The molecule has 0 aliphatic carbocycles. The van der Waals surface area contributed by atoms with Gasteiger partial charge < -0.3 is 14.6 Å². The Morgan fingerprint density at radius 2 is 1.87 bits per heavy atom. The molecule has 0 aliphatic heterocycles. The first kappa shape index (κ1) is 20.9. The van der Waals surface area contributed by atoms with Crippen LogP contribution in [0.4, 0.5) is 5.69 Å². The summed E-state index contributed by atoms with van der Waals surface area (Å²) in [7, 11) is 0. The smallest absolute Gasteiger partial charge is 0.234 e. The van der Waals surface area contributed by atoms with E-state index < -0.39 is 0 Å². The highest BCUT2D eigenvalue weighted by atomic mass is 32.2. The molecule has 158 valence electrons. The average molecular weight is 433 g/mol. The van der Waals surface area contributed by atoms with E-state index in [1.54, 1.807) is 0 Å². The van der Waals surface area contributed by atoms with Crippen molar-refractivity contribution in [1.29, 1.82) is 0 Å². The van der Waals surface area contributed by atoms with Gasteiger partial charge in [-0.2, -0.15) is 0 Å². The second-order valence-electron chi connectivity index (χ2n) is 7.12. The number of hydrogen-bond donors (Lipinski definition) is 1. The van der Waals surface area contributed by atoms with Crippen LogP contribution < -0.4 is 10.1 Å². The first-order valence-electron chi connectivity index (χ1n) is 10.2. The second kappa shape index (κ2) is 9.66. The van der Waals surface area contributed by atoms with E-state index >= 15 is 0 Å². The predicted molar refractivity (Wildman–Crippen MR) is 125 cm³/mol. The first-order valence-corrected chi connectivity index (χ1v) is 11.1. The summed E-state index contributed by atoms with van der Waals surface area (Å²) in [6.45, 7) is 5.03. The van der Waals surface area contributed by atoms with Crippen LogP contribution in [0, 0.1) is 6.92 Å². The van der Waals surface area contributed by atoms with Crippen molar-refractivity contribution in [2.24, 2.45) is 0 Å². The number of carbonyl (C=O) groups is 1. The maximum atomic E-state index is 12.3. The minimum atomic E-state index is -0.0743. The fourth-order valence-electron chi connectivity index (χ4n) is 3.36. The fourth-order valence-corrected chi connectivity index (χ4v) is 4.19. The third-order valence-corrected chi connectivity index (χ3v) is 5.82. The van der Waals surface area contributed by atoms with E-state index in [-0.39, 0.29) is 11.7 Å². The lowest BCUT2D eigenvalue weighted by Gasteiger charge is -2.11. The minimum Gasteiger partial charge on any atom is -0.485 e. The van der Waals surface area contributed by atoms with Crippen LogP contribution in [0.5, 0.6) is 5.75 Å². The molecule has 4 rings (SSSR count). The average Bonchev–Trinajstić information content (AvgIpc) is 3.18. The van der Waals surface area contributed by atoms with Gasteiger partial charge in [-0.25, -0.2) is 0 Å². The van der Waals surface area contributed by atoms with E-state index in [2.05, 4.69) is 27.6 Å². The van der Waals surface area contributed by atoms with Crippen LogP contribution in [-0.2, 0) is 17.9 Å². The number of aryl methyl sites for hydroxylation is 1. The van der Waals surface area contributed by atoms with E-state index in [9.17, 15) is 4.79 Å². The van der Waals surface area contributed by atoms with Crippen molar-refractivity contribution < 1.29 is 9.53 Å². The molecule has 1 N–H and O–H groups in total. The van der Waals surface area contributed by atoms with Crippen molar-refractivity contribution in [3.8, 4) is 5.75 Å². The lowest BCUT2D eigenvalue weighted by molar-refractivity contribution is -0.113. The van der Waals surface area contributed by atoms with Gasteiger partial charge in [0.1, 0.15) is 12.4 Å². The standard InChI is InChI=1S/C24H24N4O2S/c1-3-28-22(15-30-21-13-7-10-18-9-4-5-12-20(18)21)26-27-24(28)31-16-23(29)25-19-11-6-8-17(2)14-19/h4-14H,3,15-16H2,1-2H3,(H,25,29). The molecule has 0 radical (unpaired) electrons. The number of fused-ring (bicyclic) bond motifs is 1. The van der Waals surface area contributed by atoms with Gasteiger partial charge >= 0.3 is 0 Å². The van der Waals surface area contributed by atoms with Crippen molar-refractivity contribution in [2.75, 3.05) is 11.1 Å². The van der Waals surface area contributed by atoms with Gasteiger partial charge in [0.05, 0.1) is 5.75 Å². The topological polar surface area (TPSA) is 69.0 Å². The zero-order chi connectivity index (χ0) is 21.6. The Morgan fingerprint density at radius 3 is 2.71 bits per heavy atom. The van der Waals surface area contributed by atoms with E-state index in [1.807, 2.05) is 73.0 Å². The van der Waals surface area contributed by atoms with E-state index in [0.29, 0.717) is 18.3 Å². The van der Waals surface area contributed by atoms with Gasteiger partial charge in [-0.05, 0) is 43.0 Å². The number of thioether (sulfide) groups is 1. The molecule has 0 saturated carbocycles. The Hall–Kier alpha value is -3.32.